The maximum atomic E-state index is 3.74. The van der Waals surface area contributed by atoms with Crippen LogP contribution in [0.2, 0.25) is 0 Å². The van der Waals surface area contributed by atoms with Crippen LogP contribution in [0.4, 0.5) is 0 Å². The Labute approximate surface area is 130 Å². The highest BCUT2D eigenvalue weighted by Crippen LogP contribution is 2.36. The minimum Gasteiger partial charge on any atom is -0.309 e. The van der Waals surface area contributed by atoms with Crippen molar-refractivity contribution in [3.05, 3.63) is 20.3 Å². The molecule has 0 radical (unpaired) electrons. The zero-order chi connectivity index (χ0) is 13.7. The molecule has 0 bridgehead atoms. The first-order chi connectivity index (χ1) is 9.20. The van der Waals surface area contributed by atoms with Crippen LogP contribution in [-0.2, 0) is 0 Å². The molecule has 0 saturated heterocycles. The fourth-order valence-electron chi connectivity index (χ4n) is 3.02. The Balaban J connectivity index is 1.93. The maximum Gasteiger partial charge on any atom is 0.0731 e. The van der Waals surface area contributed by atoms with Crippen LogP contribution < -0.4 is 5.32 Å². The van der Waals surface area contributed by atoms with E-state index in [-0.39, 0.29) is 0 Å². The normalized spacial score (nSPS) is 18.1. The summed E-state index contributed by atoms with van der Waals surface area (Å²) in [6.07, 6.45) is 9.77. The molecule has 1 nitrogen and oxygen atoms in total. The van der Waals surface area contributed by atoms with Gasteiger partial charge in [-0.2, -0.15) is 0 Å². The van der Waals surface area contributed by atoms with Gasteiger partial charge in [-0.3, -0.25) is 0 Å². The molecule has 1 aliphatic carbocycles. The molecule has 0 aliphatic heterocycles. The number of thiophene rings is 1. The summed E-state index contributed by atoms with van der Waals surface area (Å²) in [5.74, 6) is 0.996. The van der Waals surface area contributed by atoms with Crippen LogP contribution in [0.15, 0.2) is 9.85 Å². The second-order valence-corrected chi connectivity index (χ2v) is 8.24. The van der Waals surface area contributed by atoms with E-state index in [0.29, 0.717) is 6.04 Å². The van der Waals surface area contributed by atoms with Crippen molar-refractivity contribution in [3.63, 3.8) is 0 Å². The van der Waals surface area contributed by atoms with Crippen molar-refractivity contribution in [2.75, 3.05) is 6.54 Å². The molecule has 0 amide bonds. The van der Waals surface area contributed by atoms with Gasteiger partial charge >= 0.3 is 0 Å². The van der Waals surface area contributed by atoms with Gasteiger partial charge in [0.1, 0.15) is 0 Å². The van der Waals surface area contributed by atoms with Crippen molar-refractivity contribution in [1.29, 1.82) is 0 Å². The van der Waals surface area contributed by atoms with E-state index in [2.05, 4.69) is 41.2 Å². The van der Waals surface area contributed by atoms with Gasteiger partial charge < -0.3 is 5.32 Å². The molecule has 0 aromatic carbocycles. The molecule has 2 rings (SSSR count). The van der Waals surface area contributed by atoms with Crippen LogP contribution in [0.25, 0.3) is 0 Å². The Kier molecular flexibility index (Phi) is 6.37. The molecule has 3 heteroatoms. The summed E-state index contributed by atoms with van der Waals surface area (Å²) in [7, 11) is 0. The zero-order valence-electron chi connectivity index (χ0n) is 12.2. The molecular weight excluding hydrogens is 318 g/mol. The monoisotopic (exact) mass is 343 g/mol. The molecule has 0 spiro atoms. The smallest absolute Gasteiger partial charge is 0.0731 e. The third-order valence-corrected chi connectivity index (χ3v) is 6.45. The highest BCUT2D eigenvalue weighted by atomic mass is 79.9. The van der Waals surface area contributed by atoms with E-state index < -0.39 is 0 Å². The largest absolute Gasteiger partial charge is 0.309 e. The van der Waals surface area contributed by atoms with Crippen LogP contribution in [0.1, 0.15) is 68.4 Å². The lowest BCUT2D eigenvalue weighted by Gasteiger charge is -2.19. The lowest BCUT2D eigenvalue weighted by atomic mass is 9.97. The van der Waals surface area contributed by atoms with Gasteiger partial charge in [-0.1, -0.05) is 32.6 Å². The summed E-state index contributed by atoms with van der Waals surface area (Å²) >= 11 is 5.57. The van der Waals surface area contributed by atoms with Crippen molar-refractivity contribution in [3.8, 4) is 0 Å². The quantitative estimate of drug-likeness (QED) is 0.656. The van der Waals surface area contributed by atoms with E-state index in [1.807, 2.05) is 11.3 Å². The van der Waals surface area contributed by atoms with Crippen LogP contribution in [-0.4, -0.2) is 6.54 Å². The van der Waals surface area contributed by atoms with E-state index in [0.717, 1.165) is 12.5 Å². The summed E-state index contributed by atoms with van der Waals surface area (Å²) in [4.78, 5) is 1.51. The molecule has 1 aromatic rings. The van der Waals surface area contributed by atoms with Gasteiger partial charge in [0, 0.05) is 10.9 Å². The predicted molar refractivity (Wildman–Crippen MR) is 89.0 cm³/mol. The molecule has 1 saturated carbocycles. The lowest BCUT2D eigenvalue weighted by molar-refractivity contribution is 0.415. The number of halogens is 1. The second kappa shape index (κ2) is 7.80. The Hall–Kier alpha value is 0.140. The summed E-state index contributed by atoms with van der Waals surface area (Å²) in [5, 5.41) is 3.74. The average Bonchev–Trinajstić information content (AvgIpc) is 3.01. The topological polar surface area (TPSA) is 12.0 Å². The van der Waals surface area contributed by atoms with Gasteiger partial charge in [-0.05, 0) is 66.2 Å². The number of rotatable bonds is 7. The van der Waals surface area contributed by atoms with Crippen LogP contribution in [0.3, 0.4) is 0 Å². The highest BCUT2D eigenvalue weighted by molar-refractivity contribution is 9.11. The van der Waals surface area contributed by atoms with E-state index in [9.17, 15) is 0 Å². The standard InChI is InChI=1S/C16H26BrNS/c1-3-10-18-14(9-8-13-6-4-5-7-13)15-11-12(2)16(17)19-15/h11,13-14,18H,3-10H2,1-2H3. The molecule has 1 aromatic heterocycles. The average molecular weight is 344 g/mol. The van der Waals surface area contributed by atoms with E-state index in [1.165, 1.54) is 59.2 Å². The summed E-state index contributed by atoms with van der Waals surface area (Å²) in [6.45, 7) is 5.57. The van der Waals surface area contributed by atoms with E-state index >= 15 is 0 Å². The first-order valence-electron chi connectivity index (χ1n) is 7.70. The molecule has 1 atom stereocenters. The molecule has 1 aliphatic rings. The third kappa shape index (κ3) is 4.57. The molecule has 1 fully saturated rings. The van der Waals surface area contributed by atoms with Crippen molar-refractivity contribution in [2.45, 2.75) is 64.8 Å². The minimum absolute atomic E-state index is 0.565. The molecule has 19 heavy (non-hydrogen) atoms. The Morgan fingerprint density at radius 2 is 2.16 bits per heavy atom. The predicted octanol–water partition coefficient (Wildman–Crippen LogP) is 5.83. The summed E-state index contributed by atoms with van der Waals surface area (Å²) in [6, 6.07) is 2.92. The Morgan fingerprint density at radius 3 is 2.74 bits per heavy atom. The fourth-order valence-corrected chi connectivity index (χ4v) is 4.70. The SMILES string of the molecule is CCCNC(CCC1CCCC1)c1cc(C)c(Br)s1. The Morgan fingerprint density at radius 1 is 1.42 bits per heavy atom. The lowest BCUT2D eigenvalue weighted by Crippen LogP contribution is -2.22. The van der Waals surface area contributed by atoms with Crippen molar-refractivity contribution < 1.29 is 0 Å². The highest BCUT2D eigenvalue weighted by Gasteiger charge is 2.19. The maximum absolute atomic E-state index is 3.74. The van der Waals surface area contributed by atoms with Crippen molar-refractivity contribution in [2.24, 2.45) is 5.92 Å². The summed E-state index contributed by atoms with van der Waals surface area (Å²) < 4.78 is 1.30. The fraction of sp³-hybridized carbons (Fsp3) is 0.750. The van der Waals surface area contributed by atoms with Gasteiger partial charge in [-0.15, -0.1) is 11.3 Å². The van der Waals surface area contributed by atoms with Crippen molar-refractivity contribution in [1.82, 2.24) is 5.32 Å². The number of hydrogen-bond donors (Lipinski definition) is 1. The molecule has 1 N–H and O–H groups in total. The molecular formula is C16H26BrNS. The van der Waals surface area contributed by atoms with Crippen LogP contribution in [0, 0.1) is 12.8 Å². The van der Waals surface area contributed by atoms with Crippen molar-refractivity contribution >= 4 is 27.3 Å². The molecule has 108 valence electrons. The van der Waals surface area contributed by atoms with E-state index in [4.69, 9.17) is 0 Å². The Bertz CT molecular complexity index is 363. The molecule has 1 unspecified atom stereocenters. The minimum atomic E-state index is 0.565. The number of aryl methyl sites for hydroxylation is 1. The third-order valence-electron chi connectivity index (χ3n) is 4.20. The van der Waals surface area contributed by atoms with Gasteiger partial charge in [0.2, 0.25) is 0 Å². The second-order valence-electron chi connectivity index (χ2n) is 5.84. The number of nitrogens with one attached hydrogen (secondary N) is 1. The van der Waals surface area contributed by atoms with Crippen LogP contribution in [0.5, 0.6) is 0 Å². The first-order valence-corrected chi connectivity index (χ1v) is 9.31. The van der Waals surface area contributed by atoms with Gasteiger partial charge in [0.25, 0.3) is 0 Å². The molecule has 1 heterocycles. The van der Waals surface area contributed by atoms with Gasteiger partial charge in [-0.25, -0.2) is 0 Å². The summed E-state index contributed by atoms with van der Waals surface area (Å²) in [5.41, 5.74) is 1.38. The van der Waals surface area contributed by atoms with Gasteiger partial charge in [0.05, 0.1) is 3.79 Å². The van der Waals surface area contributed by atoms with E-state index in [1.54, 1.807) is 0 Å². The van der Waals surface area contributed by atoms with Crippen LogP contribution >= 0.6 is 27.3 Å². The number of hydrogen-bond acceptors (Lipinski definition) is 2. The zero-order valence-corrected chi connectivity index (χ0v) is 14.6. The van der Waals surface area contributed by atoms with Gasteiger partial charge in [0.15, 0.2) is 0 Å². The first kappa shape index (κ1) is 15.5.